The van der Waals surface area contributed by atoms with Gasteiger partial charge in [0.05, 0.1) is 12.2 Å². The quantitative estimate of drug-likeness (QED) is 0.620. The van der Waals surface area contributed by atoms with Crippen LogP contribution in [0.2, 0.25) is 0 Å². The van der Waals surface area contributed by atoms with Crippen LogP contribution in [0.15, 0.2) is 0 Å². The summed E-state index contributed by atoms with van der Waals surface area (Å²) in [5.74, 6) is -0.258. The van der Waals surface area contributed by atoms with Crippen molar-refractivity contribution in [2.45, 2.75) is 59.4 Å². The molecule has 0 aliphatic heterocycles. The van der Waals surface area contributed by atoms with Gasteiger partial charge in [-0.3, -0.25) is 0 Å². The Morgan fingerprint density at radius 1 is 1.15 bits per heavy atom. The minimum Gasteiger partial charge on any atom is -0.461 e. The fourth-order valence-corrected chi connectivity index (χ4v) is 0.955. The van der Waals surface area contributed by atoms with E-state index in [0.29, 0.717) is 6.42 Å². The molecule has 0 spiro atoms. The topological polar surface area (TPSA) is 35.5 Å². The fraction of sp³-hybridized carbons (Fsp3) is 0.900. The van der Waals surface area contributed by atoms with Gasteiger partial charge in [-0.1, -0.05) is 6.92 Å². The van der Waals surface area contributed by atoms with Crippen molar-refractivity contribution in [3.63, 3.8) is 0 Å². The second-order valence-corrected chi connectivity index (χ2v) is 3.57. The fourth-order valence-electron chi connectivity index (χ4n) is 0.955. The Labute approximate surface area is 80.4 Å². The second-order valence-electron chi connectivity index (χ2n) is 3.57. The van der Waals surface area contributed by atoms with Crippen LogP contribution in [-0.4, -0.2) is 24.3 Å². The summed E-state index contributed by atoms with van der Waals surface area (Å²) < 4.78 is 10.4. The summed E-state index contributed by atoms with van der Waals surface area (Å²) in [7, 11) is 0. The number of carbonyl (C=O) groups excluding carboxylic acids is 1. The van der Waals surface area contributed by atoms with Crippen LogP contribution in [0, 0.1) is 0 Å². The van der Waals surface area contributed by atoms with Crippen LogP contribution in [0.25, 0.3) is 0 Å². The first-order valence-electron chi connectivity index (χ1n) is 4.83. The molecule has 1 atom stereocenters. The van der Waals surface area contributed by atoms with Crippen molar-refractivity contribution in [2.75, 3.05) is 0 Å². The van der Waals surface area contributed by atoms with Gasteiger partial charge in [-0.25, -0.2) is 4.79 Å². The predicted molar refractivity (Wildman–Crippen MR) is 51.5 cm³/mol. The van der Waals surface area contributed by atoms with Crippen molar-refractivity contribution in [1.82, 2.24) is 0 Å². The maximum atomic E-state index is 11.4. The zero-order valence-electron chi connectivity index (χ0n) is 9.16. The van der Waals surface area contributed by atoms with Crippen LogP contribution in [0.1, 0.15) is 41.0 Å². The van der Waals surface area contributed by atoms with Crippen LogP contribution >= 0.6 is 0 Å². The van der Waals surface area contributed by atoms with Gasteiger partial charge in [-0.2, -0.15) is 0 Å². The number of esters is 1. The Balaban J connectivity index is 3.99. The van der Waals surface area contributed by atoms with Crippen LogP contribution in [0.3, 0.4) is 0 Å². The molecule has 0 fully saturated rings. The number of hydrogen-bond donors (Lipinski definition) is 0. The van der Waals surface area contributed by atoms with Gasteiger partial charge in [0.2, 0.25) is 0 Å². The molecule has 0 heterocycles. The summed E-state index contributed by atoms with van der Waals surface area (Å²) in [5.41, 5.74) is 0. The summed E-state index contributed by atoms with van der Waals surface area (Å²) in [4.78, 5) is 11.4. The molecular weight excluding hydrogens is 168 g/mol. The summed E-state index contributed by atoms with van der Waals surface area (Å²) in [6.45, 7) is 9.39. The van der Waals surface area contributed by atoms with E-state index in [4.69, 9.17) is 9.47 Å². The smallest absolute Gasteiger partial charge is 0.335 e. The largest absolute Gasteiger partial charge is 0.461 e. The van der Waals surface area contributed by atoms with Gasteiger partial charge in [0.15, 0.2) is 6.10 Å². The molecule has 0 rings (SSSR count). The van der Waals surface area contributed by atoms with Gasteiger partial charge >= 0.3 is 5.97 Å². The first-order chi connectivity index (χ1) is 5.97. The molecule has 0 saturated carbocycles. The average Bonchev–Trinajstić information content (AvgIpc) is 1.98. The molecule has 0 bridgehead atoms. The molecule has 0 saturated heterocycles. The van der Waals surface area contributed by atoms with Crippen LogP contribution in [0.4, 0.5) is 0 Å². The predicted octanol–water partition coefficient (Wildman–Crippen LogP) is 2.14. The number of ether oxygens (including phenoxy) is 2. The van der Waals surface area contributed by atoms with Gasteiger partial charge < -0.3 is 9.47 Å². The van der Waals surface area contributed by atoms with Gasteiger partial charge in [-0.05, 0) is 34.1 Å². The zero-order valence-corrected chi connectivity index (χ0v) is 9.16. The Bertz CT molecular complexity index is 152. The van der Waals surface area contributed by atoms with E-state index in [1.165, 1.54) is 0 Å². The van der Waals surface area contributed by atoms with E-state index >= 15 is 0 Å². The minimum absolute atomic E-state index is 0.0599. The molecule has 0 amide bonds. The van der Waals surface area contributed by atoms with Crippen LogP contribution in [0.5, 0.6) is 0 Å². The summed E-state index contributed by atoms with van der Waals surface area (Å²) in [6, 6.07) is 0. The molecule has 78 valence electrons. The molecule has 0 aliphatic rings. The molecule has 0 aromatic rings. The third-order valence-electron chi connectivity index (χ3n) is 1.42. The Kier molecular flexibility index (Phi) is 5.71. The van der Waals surface area contributed by atoms with Crippen molar-refractivity contribution in [3.8, 4) is 0 Å². The molecule has 1 unspecified atom stereocenters. The average molecular weight is 188 g/mol. The molecule has 0 N–H and O–H groups in total. The minimum atomic E-state index is -0.414. The second kappa shape index (κ2) is 5.97. The third kappa shape index (κ3) is 5.64. The van der Waals surface area contributed by atoms with E-state index in [1.807, 2.05) is 34.6 Å². The molecular formula is C10H20O3. The van der Waals surface area contributed by atoms with Crippen molar-refractivity contribution in [3.05, 3.63) is 0 Å². The van der Waals surface area contributed by atoms with Gasteiger partial charge in [0.25, 0.3) is 0 Å². The SMILES string of the molecule is CCC(OC(C)C)C(=O)OC(C)C. The molecule has 3 heteroatoms. The Hall–Kier alpha value is -0.570. The van der Waals surface area contributed by atoms with Crippen LogP contribution < -0.4 is 0 Å². The summed E-state index contributed by atoms with van der Waals surface area (Å²) in [6.07, 6.45) is 0.230. The van der Waals surface area contributed by atoms with E-state index in [9.17, 15) is 4.79 Å². The highest BCUT2D eigenvalue weighted by Crippen LogP contribution is 2.06. The molecule has 0 aromatic heterocycles. The highest BCUT2D eigenvalue weighted by molar-refractivity contribution is 5.74. The van der Waals surface area contributed by atoms with Gasteiger partial charge in [-0.15, -0.1) is 0 Å². The molecule has 3 nitrogen and oxygen atoms in total. The monoisotopic (exact) mass is 188 g/mol. The zero-order chi connectivity index (χ0) is 10.4. The third-order valence-corrected chi connectivity index (χ3v) is 1.42. The first kappa shape index (κ1) is 12.4. The maximum Gasteiger partial charge on any atom is 0.335 e. The van der Waals surface area contributed by atoms with E-state index in [0.717, 1.165) is 0 Å². The van der Waals surface area contributed by atoms with E-state index in [1.54, 1.807) is 0 Å². The summed E-state index contributed by atoms with van der Waals surface area (Å²) in [5, 5.41) is 0. The van der Waals surface area contributed by atoms with E-state index in [2.05, 4.69) is 0 Å². The summed E-state index contributed by atoms with van der Waals surface area (Å²) >= 11 is 0. The van der Waals surface area contributed by atoms with Crippen molar-refractivity contribution < 1.29 is 14.3 Å². The van der Waals surface area contributed by atoms with Crippen molar-refractivity contribution in [1.29, 1.82) is 0 Å². The molecule has 0 aliphatic carbocycles. The highest BCUT2D eigenvalue weighted by atomic mass is 16.6. The lowest BCUT2D eigenvalue weighted by molar-refractivity contribution is -0.164. The Morgan fingerprint density at radius 2 is 1.69 bits per heavy atom. The number of hydrogen-bond acceptors (Lipinski definition) is 3. The van der Waals surface area contributed by atoms with Crippen LogP contribution in [-0.2, 0) is 14.3 Å². The van der Waals surface area contributed by atoms with E-state index < -0.39 is 6.10 Å². The van der Waals surface area contributed by atoms with Crippen molar-refractivity contribution >= 4 is 5.97 Å². The lowest BCUT2D eigenvalue weighted by atomic mass is 10.2. The molecule has 0 radical (unpaired) electrons. The lowest BCUT2D eigenvalue weighted by Gasteiger charge is -2.18. The molecule has 0 aromatic carbocycles. The molecule has 13 heavy (non-hydrogen) atoms. The lowest BCUT2D eigenvalue weighted by Crippen LogP contribution is -2.30. The Morgan fingerprint density at radius 3 is 2.00 bits per heavy atom. The van der Waals surface area contributed by atoms with E-state index in [-0.39, 0.29) is 18.2 Å². The normalized spacial score (nSPS) is 13.5. The number of carbonyl (C=O) groups is 1. The highest BCUT2D eigenvalue weighted by Gasteiger charge is 2.20. The number of rotatable bonds is 5. The maximum absolute atomic E-state index is 11.4. The van der Waals surface area contributed by atoms with Gasteiger partial charge in [0.1, 0.15) is 0 Å². The van der Waals surface area contributed by atoms with Gasteiger partial charge in [0, 0.05) is 0 Å². The first-order valence-corrected chi connectivity index (χ1v) is 4.83. The standard InChI is InChI=1S/C10H20O3/c1-6-9(12-7(2)3)10(11)13-8(4)5/h7-9H,6H2,1-5H3. The van der Waals surface area contributed by atoms with Crippen molar-refractivity contribution in [2.24, 2.45) is 0 Å².